The Balaban J connectivity index is 1.46. The van der Waals surface area contributed by atoms with Gasteiger partial charge in [-0.1, -0.05) is 68.5 Å². The fraction of sp³-hybridized carbons (Fsp3) is 0.639. The summed E-state index contributed by atoms with van der Waals surface area (Å²) >= 11 is 0. The minimum Gasteiger partial charge on any atom is -0.379 e. The molecule has 0 spiro atoms. The predicted molar refractivity (Wildman–Crippen MR) is 185 cm³/mol. The first kappa shape index (κ1) is 39.8. The standard InChI is InChI=1S/C36H52F2N6O7/c1-2-9-28(40-33(47)30(25-27-12-7-4-8-13-27)42-35(49)44-18-22-51-23-19-44)32(46)41-29(24-26-10-5-3-6-11-26)31(45)36(37,38)34(48)39-14-15-43-16-20-50-21-17-43/h2,4,7-8,12-13,26,28-30H,1,3,5-6,9-11,14-25H2,(H,39,48)(H,40,47)(H,41,46)(H,42,49)/t28-,29-,30-/m0/s1. The third kappa shape index (κ3) is 12.4. The van der Waals surface area contributed by atoms with Gasteiger partial charge in [0.05, 0.1) is 32.5 Å². The van der Waals surface area contributed by atoms with Gasteiger partial charge in [0, 0.05) is 45.7 Å². The zero-order valence-electron chi connectivity index (χ0n) is 29.2. The Bertz CT molecular complexity index is 1320. The van der Waals surface area contributed by atoms with Crippen molar-refractivity contribution in [2.45, 2.75) is 75.4 Å². The van der Waals surface area contributed by atoms with Crippen LogP contribution in [0.2, 0.25) is 0 Å². The SMILES string of the molecule is C=CC[C@H](NC(=O)[C@H](Cc1ccccc1)NC(=O)N1CCOCC1)C(=O)N[C@@H](CC1CCCCC1)C(=O)C(F)(F)C(=O)NCCN1CCOCC1. The van der Waals surface area contributed by atoms with Gasteiger partial charge in [-0.05, 0) is 24.3 Å². The Morgan fingerprint density at radius 2 is 1.45 bits per heavy atom. The topological polar surface area (TPSA) is 158 Å². The fourth-order valence-corrected chi connectivity index (χ4v) is 6.59. The van der Waals surface area contributed by atoms with Gasteiger partial charge in [0.2, 0.25) is 17.6 Å². The van der Waals surface area contributed by atoms with E-state index >= 15 is 8.78 Å². The summed E-state index contributed by atoms with van der Waals surface area (Å²) in [5, 5.41) is 10.0. The van der Waals surface area contributed by atoms with Gasteiger partial charge in [-0.15, -0.1) is 6.58 Å². The number of carbonyl (C=O) groups is 5. The van der Waals surface area contributed by atoms with Crippen molar-refractivity contribution >= 4 is 29.5 Å². The molecule has 1 aromatic carbocycles. The number of hydrogen-bond donors (Lipinski definition) is 4. The van der Waals surface area contributed by atoms with Crippen LogP contribution in [0.15, 0.2) is 43.0 Å². The third-order valence-electron chi connectivity index (χ3n) is 9.57. The lowest BCUT2D eigenvalue weighted by Gasteiger charge is -2.31. The van der Waals surface area contributed by atoms with Crippen molar-refractivity contribution < 1.29 is 42.2 Å². The monoisotopic (exact) mass is 718 g/mol. The molecule has 3 fully saturated rings. The van der Waals surface area contributed by atoms with E-state index in [4.69, 9.17) is 9.47 Å². The lowest BCUT2D eigenvalue weighted by Crippen LogP contribution is -2.60. The van der Waals surface area contributed by atoms with Crippen LogP contribution in [0.25, 0.3) is 0 Å². The molecule has 15 heteroatoms. The number of carbonyl (C=O) groups excluding carboxylic acids is 5. The van der Waals surface area contributed by atoms with Crippen LogP contribution in [0.5, 0.6) is 0 Å². The van der Waals surface area contributed by atoms with Crippen LogP contribution >= 0.6 is 0 Å². The molecule has 4 rings (SSSR count). The highest BCUT2D eigenvalue weighted by atomic mass is 19.3. The van der Waals surface area contributed by atoms with E-state index in [1.165, 1.54) is 11.0 Å². The number of amides is 5. The number of morpholine rings is 2. The van der Waals surface area contributed by atoms with Gasteiger partial charge in [-0.2, -0.15) is 8.78 Å². The lowest BCUT2D eigenvalue weighted by molar-refractivity contribution is -0.160. The van der Waals surface area contributed by atoms with Crippen LogP contribution in [0.3, 0.4) is 0 Å². The normalized spacial score (nSPS) is 19.2. The number of ether oxygens (including phenoxy) is 2. The number of benzene rings is 1. The van der Waals surface area contributed by atoms with Crippen molar-refractivity contribution in [3.05, 3.63) is 48.6 Å². The van der Waals surface area contributed by atoms with Gasteiger partial charge < -0.3 is 35.6 Å². The second-order valence-corrected chi connectivity index (χ2v) is 13.3. The molecular weight excluding hydrogens is 666 g/mol. The molecule has 0 radical (unpaired) electrons. The summed E-state index contributed by atoms with van der Waals surface area (Å²) in [6.07, 6.45) is 5.47. The smallest absolute Gasteiger partial charge is 0.379 e. The summed E-state index contributed by atoms with van der Waals surface area (Å²) in [5.41, 5.74) is 0.758. The maximum absolute atomic E-state index is 15.5. The molecule has 1 aromatic rings. The highest BCUT2D eigenvalue weighted by Gasteiger charge is 2.51. The molecule has 0 unspecified atom stereocenters. The molecule has 282 valence electrons. The van der Waals surface area contributed by atoms with E-state index in [2.05, 4.69) is 27.8 Å². The van der Waals surface area contributed by atoms with Crippen molar-refractivity contribution in [3.63, 3.8) is 0 Å². The molecule has 0 aromatic heterocycles. The van der Waals surface area contributed by atoms with Crippen LogP contribution in [0, 0.1) is 5.92 Å². The Labute approximate surface area is 298 Å². The highest BCUT2D eigenvalue weighted by molar-refractivity contribution is 6.10. The first-order valence-electron chi connectivity index (χ1n) is 18.0. The Hall–Kier alpha value is -3.95. The summed E-state index contributed by atoms with van der Waals surface area (Å²) < 4.78 is 41.6. The molecule has 2 saturated heterocycles. The Morgan fingerprint density at radius 1 is 0.843 bits per heavy atom. The van der Waals surface area contributed by atoms with E-state index in [0.29, 0.717) is 72.0 Å². The first-order valence-corrected chi connectivity index (χ1v) is 18.0. The number of Topliss-reactive ketones (excluding diaryl/α,β-unsaturated/α-hetero) is 1. The van der Waals surface area contributed by atoms with Gasteiger partial charge in [-0.3, -0.25) is 24.1 Å². The highest BCUT2D eigenvalue weighted by Crippen LogP contribution is 2.29. The number of ketones is 1. The van der Waals surface area contributed by atoms with Gasteiger partial charge >= 0.3 is 12.0 Å². The predicted octanol–water partition coefficient (Wildman–Crippen LogP) is 1.81. The fourth-order valence-electron chi connectivity index (χ4n) is 6.59. The molecule has 51 heavy (non-hydrogen) atoms. The molecule has 4 N–H and O–H groups in total. The number of nitrogens with one attached hydrogen (secondary N) is 4. The van der Waals surface area contributed by atoms with Gasteiger partial charge in [0.1, 0.15) is 12.1 Å². The number of halogens is 2. The second-order valence-electron chi connectivity index (χ2n) is 13.3. The zero-order valence-corrected chi connectivity index (χ0v) is 29.2. The molecular formula is C36H52F2N6O7. The quantitative estimate of drug-likeness (QED) is 0.140. The molecule has 1 aliphatic carbocycles. The van der Waals surface area contributed by atoms with E-state index < -0.39 is 53.6 Å². The van der Waals surface area contributed by atoms with Gasteiger partial charge in [0.25, 0.3) is 5.91 Å². The van der Waals surface area contributed by atoms with Crippen molar-refractivity contribution in [1.82, 2.24) is 31.1 Å². The van der Waals surface area contributed by atoms with E-state index in [9.17, 15) is 24.0 Å². The summed E-state index contributed by atoms with van der Waals surface area (Å²) in [6.45, 7) is 7.57. The third-order valence-corrected chi connectivity index (χ3v) is 9.57. The maximum atomic E-state index is 15.5. The zero-order chi connectivity index (χ0) is 36.6. The molecule has 2 aliphatic heterocycles. The molecule has 3 atom stereocenters. The average Bonchev–Trinajstić information content (AvgIpc) is 3.15. The second kappa shape index (κ2) is 20.2. The molecule has 13 nitrogen and oxygen atoms in total. The summed E-state index contributed by atoms with van der Waals surface area (Å²) in [4.78, 5) is 70.2. The van der Waals surface area contributed by atoms with Crippen molar-refractivity contribution in [3.8, 4) is 0 Å². The largest absolute Gasteiger partial charge is 0.383 e. The van der Waals surface area contributed by atoms with Crippen LogP contribution < -0.4 is 21.3 Å². The minimum atomic E-state index is -4.40. The van der Waals surface area contributed by atoms with Crippen LogP contribution in [0.1, 0.15) is 50.5 Å². The van der Waals surface area contributed by atoms with E-state index in [0.717, 1.165) is 24.8 Å². The van der Waals surface area contributed by atoms with Crippen LogP contribution in [-0.2, 0) is 35.1 Å². The Morgan fingerprint density at radius 3 is 2.10 bits per heavy atom. The van der Waals surface area contributed by atoms with Gasteiger partial charge in [-0.25, -0.2) is 4.79 Å². The van der Waals surface area contributed by atoms with E-state index in [1.54, 1.807) is 24.3 Å². The van der Waals surface area contributed by atoms with Crippen molar-refractivity contribution in [2.75, 3.05) is 65.7 Å². The maximum Gasteiger partial charge on any atom is 0.383 e. The molecule has 3 aliphatic rings. The average molecular weight is 719 g/mol. The number of alkyl halides is 2. The number of urea groups is 1. The Kier molecular flexibility index (Phi) is 15.8. The first-order chi connectivity index (χ1) is 24.6. The van der Waals surface area contributed by atoms with E-state index in [1.807, 2.05) is 11.0 Å². The van der Waals surface area contributed by atoms with Crippen LogP contribution in [0.4, 0.5) is 13.6 Å². The molecule has 1 saturated carbocycles. The number of rotatable bonds is 17. The summed E-state index contributed by atoms with van der Waals surface area (Å²) in [6, 6.07) is 4.48. The summed E-state index contributed by atoms with van der Waals surface area (Å²) in [5.74, 6) is -9.49. The summed E-state index contributed by atoms with van der Waals surface area (Å²) in [7, 11) is 0. The number of hydrogen-bond acceptors (Lipinski definition) is 8. The van der Waals surface area contributed by atoms with Gasteiger partial charge in [0.15, 0.2) is 0 Å². The van der Waals surface area contributed by atoms with Crippen molar-refractivity contribution in [1.29, 1.82) is 0 Å². The molecule has 5 amide bonds. The lowest BCUT2D eigenvalue weighted by atomic mass is 9.83. The molecule has 0 bridgehead atoms. The van der Waals surface area contributed by atoms with Crippen LogP contribution in [-0.4, -0.2) is 129 Å². The number of nitrogens with zero attached hydrogens (tertiary/aromatic N) is 2. The minimum absolute atomic E-state index is 0.0672. The molecule has 2 heterocycles. The van der Waals surface area contributed by atoms with Crippen molar-refractivity contribution in [2.24, 2.45) is 5.92 Å². The van der Waals surface area contributed by atoms with E-state index in [-0.39, 0.29) is 31.7 Å².